The number of aryl methyl sites for hydroxylation is 1. The van der Waals surface area contributed by atoms with E-state index >= 15 is 0 Å². The molecule has 1 amide bonds. The molecule has 1 aliphatic heterocycles. The zero-order chi connectivity index (χ0) is 21.6. The first kappa shape index (κ1) is 21.4. The summed E-state index contributed by atoms with van der Waals surface area (Å²) in [5, 5.41) is 4.70. The molecule has 0 unspecified atom stereocenters. The standard InChI is InChI=1S/C23H26N4O3S/c1-17-14-19(25-30-17)16-31-22-21(4-3-9-24-22)23(28)26(2)15-18-5-7-20(8-6-18)27-10-12-29-13-11-27/h3-9,14H,10-13,15-16H2,1-2H3. The van der Waals surface area contributed by atoms with Gasteiger partial charge in [-0.25, -0.2) is 4.98 Å². The van der Waals surface area contributed by atoms with Gasteiger partial charge in [-0.15, -0.1) is 0 Å². The lowest BCUT2D eigenvalue weighted by Gasteiger charge is -2.29. The largest absolute Gasteiger partial charge is 0.378 e. The summed E-state index contributed by atoms with van der Waals surface area (Å²) in [6, 6.07) is 13.9. The Balaban J connectivity index is 1.39. The molecule has 3 aromatic rings. The van der Waals surface area contributed by atoms with Crippen LogP contribution in [0.15, 0.2) is 58.2 Å². The molecule has 1 fully saturated rings. The highest BCUT2D eigenvalue weighted by Crippen LogP contribution is 2.25. The second-order valence-electron chi connectivity index (χ2n) is 7.50. The van der Waals surface area contributed by atoms with E-state index < -0.39 is 0 Å². The minimum absolute atomic E-state index is 0.0517. The molecule has 0 aliphatic carbocycles. The molecule has 3 heterocycles. The molecule has 0 saturated carbocycles. The van der Waals surface area contributed by atoms with Crippen molar-refractivity contribution in [3.05, 3.63) is 71.2 Å². The van der Waals surface area contributed by atoms with E-state index in [4.69, 9.17) is 9.26 Å². The number of amides is 1. The quantitative estimate of drug-likeness (QED) is 0.520. The second kappa shape index (κ2) is 9.98. The van der Waals surface area contributed by atoms with Gasteiger partial charge in [0.1, 0.15) is 10.8 Å². The number of ether oxygens (including phenoxy) is 1. The van der Waals surface area contributed by atoms with Crippen molar-refractivity contribution >= 4 is 23.4 Å². The van der Waals surface area contributed by atoms with Crippen molar-refractivity contribution in [3.63, 3.8) is 0 Å². The molecular formula is C23H26N4O3S. The summed E-state index contributed by atoms with van der Waals surface area (Å²) in [5.41, 5.74) is 3.71. The van der Waals surface area contributed by atoms with Crippen LogP contribution in [-0.2, 0) is 17.0 Å². The summed E-state index contributed by atoms with van der Waals surface area (Å²) >= 11 is 1.49. The molecule has 1 aromatic carbocycles. The molecule has 31 heavy (non-hydrogen) atoms. The van der Waals surface area contributed by atoms with Crippen LogP contribution in [0, 0.1) is 6.92 Å². The number of hydrogen-bond acceptors (Lipinski definition) is 7. The Hall–Kier alpha value is -2.84. The maximum Gasteiger partial charge on any atom is 0.256 e. The van der Waals surface area contributed by atoms with Gasteiger partial charge in [0.2, 0.25) is 0 Å². The molecule has 1 saturated heterocycles. The van der Waals surface area contributed by atoms with Crippen molar-refractivity contribution in [2.75, 3.05) is 38.3 Å². The van der Waals surface area contributed by atoms with Crippen molar-refractivity contribution < 1.29 is 14.1 Å². The number of benzene rings is 1. The summed E-state index contributed by atoms with van der Waals surface area (Å²) in [6.45, 7) is 5.74. The average Bonchev–Trinajstić information content (AvgIpc) is 3.23. The predicted molar refractivity (Wildman–Crippen MR) is 120 cm³/mol. The maximum absolute atomic E-state index is 13.1. The second-order valence-corrected chi connectivity index (χ2v) is 8.46. The minimum Gasteiger partial charge on any atom is -0.378 e. The fourth-order valence-corrected chi connectivity index (χ4v) is 4.35. The summed E-state index contributed by atoms with van der Waals surface area (Å²) < 4.78 is 10.5. The lowest BCUT2D eigenvalue weighted by atomic mass is 10.1. The summed E-state index contributed by atoms with van der Waals surface area (Å²) in [5.74, 6) is 1.32. The smallest absolute Gasteiger partial charge is 0.256 e. The molecule has 7 nitrogen and oxygen atoms in total. The maximum atomic E-state index is 13.1. The number of rotatable bonds is 7. The van der Waals surface area contributed by atoms with Gasteiger partial charge in [0, 0.05) is 50.4 Å². The van der Waals surface area contributed by atoms with Crippen LogP contribution in [0.4, 0.5) is 5.69 Å². The number of morpholine rings is 1. The van der Waals surface area contributed by atoms with Crippen LogP contribution in [0.3, 0.4) is 0 Å². The van der Waals surface area contributed by atoms with E-state index in [2.05, 4.69) is 39.3 Å². The van der Waals surface area contributed by atoms with E-state index in [-0.39, 0.29) is 5.91 Å². The van der Waals surface area contributed by atoms with Crippen LogP contribution < -0.4 is 4.90 Å². The van der Waals surface area contributed by atoms with Gasteiger partial charge in [-0.1, -0.05) is 29.1 Å². The Morgan fingerprint density at radius 3 is 2.68 bits per heavy atom. The number of nitrogens with zero attached hydrogens (tertiary/aromatic N) is 4. The van der Waals surface area contributed by atoms with Crippen molar-refractivity contribution in [1.29, 1.82) is 0 Å². The Morgan fingerprint density at radius 2 is 1.97 bits per heavy atom. The third kappa shape index (κ3) is 5.45. The van der Waals surface area contributed by atoms with Crippen LogP contribution in [-0.4, -0.2) is 54.3 Å². The van der Waals surface area contributed by atoms with Gasteiger partial charge in [-0.3, -0.25) is 4.79 Å². The van der Waals surface area contributed by atoms with Crippen molar-refractivity contribution in [1.82, 2.24) is 15.0 Å². The number of pyridine rings is 1. The van der Waals surface area contributed by atoms with E-state index in [1.54, 1.807) is 17.2 Å². The Labute approximate surface area is 186 Å². The van der Waals surface area contributed by atoms with Crippen LogP contribution in [0.25, 0.3) is 0 Å². The first-order valence-electron chi connectivity index (χ1n) is 10.3. The van der Waals surface area contributed by atoms with Gasteiger partial charge >= 0.3 is 0 Å². The number of hydrogen-bond donors (Lipinski definition) is 0. The van der Waals surface area contributed by atoms with Crippen molar-refractivity contribution in [2.24, 2.45) is 0 Å². The predicted octanol–water partition coefficient (Wildman–Crippen LogP) is 3.78. The number of carbonyl (C=O) groups excluding carboxylic acids is 1. The van der Waals surface area contributed by atoms with E-state index in [9.17, 15) is 4.79 Å². The molecule has 162 valence electrons. The van der Waals surface area contributed by atoms with Crippen molar-refractivity contribution in [2.45, 2.75) is 24.2 Å². The first-order chi connectivity index (χ1) is 15.1. The van der Waals surface area contributed by atoms with Crippen LogP contribution in [0.1, 0.15) is 27.4 Å². The summed E-state index contributed by atoms with van der Waals surface area (Å²) in [7, 11) is 1.82. The van der Waals surface area contributed by atoms with Gasteiger partial charge in [-0.2, -0.15) is 0 Å². The molecule has 0 atom stereocenters. The summed E-state index contributed by atoms with van der Waals surface area (Å²) in [4.78, 5) is 21.6. The molecule has 1 aliphatic rings. The van der Waals surface area contributed by atoms with Crippen LogP contribution in [0.2, 0.25) is 0 Å². The van der Waals surface area contributed by atoms with Gasteiger partial charge in [-0.05, 0) is 36.8 Å². The number of thioether (sulfide) groups is 1. The first-order valence-corrected chi connectivity index (χ1v) is 11.3. The molecule has 0 radical (unpaired) electrons. The van der Waals surface area contributed by atoms with Gasteiger partial charge in [0.05, 0.1) is 24.5 Å². The third-order valence-corrected chi connectivity index (χ3v) is 6.15. The zero-order valence-electron chi connectivity index (χ0n) is 17.8. The molecular weight excluding hydrogens is 412 g/mol. The Bertz CT molecular complexity index is 1020. The van der Waals surface area contributed by atoms with Gasteiger partial charge < -0.3 is 19.1 Å². The lowest BCUT2D eigenvalue weighted by molar-refractivity contribution is 0.0781. The highest BCUT2D eigenvalue weighted by Gasteiger charge is 2.18. The normalized spacial score (nSPS) is 13.9. The number of aromatic nitrogens is 2. The topological polar surface area (TPSA) is 71.7 Å². The highest BCUT2D eigenvalue weighted by molar-refractivity contribution is 7.98. The number of carbonyl (C=O) groups is 1. The van der Waals surface area contributed by atoms with Crippen LogP contribution in [0.5, 0.6) is 0 Å². The van der Waals surface area contributed by atoms with E-state index in [0.29, 0.717) is 22.9 Å². The van der Waals surface area contributed by atoms with Crippen molar-refractivity contribution in [3.8, 4) is 0 Å². The van der Waals surface area contributed by atoms with E-state index in [1.165, 1.54) is 17.4 Å². The zero-order valence-corrected chi connectivity index (χ0v) is 18.6. The fraction of sp³-hybridized carbons (Fsp3) is 0.348. The molecule has 8 heteroatoms. The monoisotopic (exact) mass is 438 g/mol. The molecule has 2 aromatic heterocycles. The van der Waals surface area contributed by atoms with E-state index in [1.807, 2.05) is 26.1 Å². The molecule has 0 spiro atoms. The van der Waals surface area contributed by atoms with Crippen LogP contribution >= 0.6 is 11.8 Å². The Morgan fingerprint density at radius 1 is 1.19 bits per heavy atom. The highest BCUT2D eigenvalue weighted by atomic mass is 32.2. The average molecular weight is 439 g/mol. The molecule has 0 N–H and O–H groups in total. The summed E-state index contributed by atoms with van der Waals surface area (Å²) in [6.07, 6.45) is 1.71. The molecule has 4 rings (SSSR count). The lowest BCUT2D eigenvalue weighted by Crippen LogP contribution is -2.36. The Kier molecular flexibility index (Phi) is 6.89. The van der Waals surface area contributed by atoms with Gasteiger partial charge in [0.15, 0.2) is 0 Å². The fourth-order valence-electron chi connectivity index (χ4n) is 3.48. The molecule has 0 bridgehead atoms. The minimum atomic E-state index is -0.0517. The number of anilines is 1. The third-order valence-electron chi connectivity index (χ3n) is 5.11. The van der Waals surface area contributed by atoms with E-state index in [0.717, 1.165) is 43.3 Å². The SMILES string of the molecule is Cc1cc(CSc2ncccc2C(=O)N(C)Cc2ccc(N3CCOCC3)cc2)no1. The van der Waals surface area contributed by atoms with Gasteiger partial charge in [0.25, 0.3) is 5.91 Å².